The number of aryl methyl sites for hydroxylation is 1. The van der Waals surface area contributed by atoms with E-state index in [1.54, 1.807) is 13.8 Å². The minimum absolute atomic E-state index is 0. The number of halogens is 1. The second kappa shape index (κ2) is 16.4. The number of nitrogens with zero attached hydrogens (tertiary/aromatic N) is 5. The van der Waals surface area contributed by atoms with Crippen LogP contribution in [0, 0.1) is 5.92 Å². The number of ketones is 1. The fraction of sp³-hybridized carbons (Fsp3) is 0.556. The highest BCUT2D eigenvalue weighted by atomic mass is 35.5. The van der Waals surface area contributed by atoms with Gasteiger partial charge in [0, 0.05) is 19.5 Å². The monoisotopic (exact) mass is 606 g/mol. The quantitative estimate of drug-likeness (QED) is 0.222. The molecule has 15 heteroatoms. The Morgan fingerprint density at radius 1 is 0.952 bits per heavy atom. The number of aromatic nitrogens is 4. The summed E-state index contributed by atoms with van der Waals surface area (Å²) >= 11 is 0. The first-order valence-electron chi connectivity index (χ1n) is 13.7. The molecule has 1 unspecified atom stereocenters. The van der Waals surface area contributed by atoms with Crippen LogP contribution in [0.5, 0.6) is 0 Å². The minimum atomic E-state index is -1.38. The third-order valence-electron chi connectivity index (χ3n) is 6.71. The van der Waals surface area contributed by atoms with Crippen molar-refractivity contribution in [2.45, 2.75) is 77.5 Å². The standard InChI is InChI=1S/C27H38N8O6.ClH/c1-17(2)24(30-22(37)12-11-19-9-5-4-6-10-19)26(41)28-18(3)25(40)29-20(15-23(38)39)21(36)16-35-32-27(31-33-35)34-13-7-8-14-34;/h4-6,9-10,17-18,20,24H,7-8,11-16H2,1-3H3,(H,28,41)(H,29,40)(H,30,37)(H,38,39);1H/t18-,20?,24-;/m0./s1. The molecule has 0 spiro atoms. The molecule has 0 aliphatic carbocycles. The molecule has 0 bridgehead atoms. The first-order valence-corrected chi connectivity index (χ1v) is 13.7. The van der Waals surface area contributed by atoms with Crippen molar-refractivity contribution in [1.29, 1.82) is 0 Å². The predicted octanol–water partition coefficient (Wildman–Crippen LogP) is 0.502. The Balaban J connectivity index is 0.00000616. The summed E-state index contributed by atoms with van der Waals surface area (Å²) < 4.78 is 0. The molecule has 3 atom stereocenters. The van der Waals surface area contributed by atoms with Crippen LogP contribution in [-0.4, -0.2) is 86.0 Å². The number of nitrogens with one attached hydrogen (secondary N) is 3. The third kappa shape index (κ3) is 10.4. The molecule has 42 heavy (non-hydrogen) atoms. The van der Waals surface area contributed by atoms with Gasteiger partial charge >= 0.3 is 5.97 Å². The van der Waals surface area contributed by atoms with Gasteiger partial charge in [-0.05, 0) is 42.9 Å². The van der Waals surface area contributed by atoms with Gasteiger partial charge < -0.3 is 26.0 Å². The van der Waals surface area contributed by atoms with Crippen LogP contribution in [0.4, 0.5) is 5.95 Å². The Morgan fingerprint density at radius 2 is 1.62 bits per heavy atom. The molecule has 1 aromatic heterocycles. The average molecular weight is 607 g/mol. The van der Waals surface area contributed by atoms with Crippen LogP contribution in [-0.2, 0) is 36.9 Å². The van der Waals surface area contributed by atoms with Gasteiger partial charge in [0.25, 0.3) is 5.95 Å². The second-order valence-corrected chi connectivity index (χ2v) is 10.4. The van der Waals surface area contributed by atoms with Crippen molar-refractivity contribution in [3.8, 4) is 0 Å². The van der Waals surface area contributed by atoms with Gasteiger partial charge in [-0.1, -0.05) is 49.3 Å². The lowest BCUT2D eigenvalue weighted by Gasteiger charge is -2.25. The van der Waals surface area contributed by atoms with Gasteiger partial charge in [0.1, 0.15) is 24.7 Å². The number of carbonyl (C=O) groups is 5. The van der Waals surface area contributed by atoms with Crippen molar-refractivity contribution in [2.24, 2.45) is 5.92 Å². The van der Waals surface area contributed by atoms with E-state index in [1.807, 2.05) is 35.2 Å². The number of carbonyl (C=O) groups excluding carboxylic acids is 4. The number of benzene rings is 1. The van der Waals surface area contributed by atoms with Gasteiger partial charge in [-0.3, -0.25) is 24.0 Å². The van der Waals surface area contributed by atoms with Gasteiger partial charge in [0.05, 0.1) is 6.42 Å². The fourth-order valence-electron chi connectivity index (χ4n) is 4.36. The lowest BCUT2D eigenvalue weighted by molar-refractivity contribution is -0.140. The zero-order valence-electron chi connectivity index (χ0n) is 24.0. The smallest absolute Gasteiger partial charge is 0.305 e. The SMILES string of the molecule is CC(C)[C@H](NC(=O)CCc1ccccc1)C(=O)N[C@@H](C)C(=O)NC(CC(=O)O)C(=O)Cn1nnc(N2CCCC2)n1.Cl. The van der Waals surface area contributed by atoms with E-state index in [-0.39, 0.29) is 37.2 Å². The number of Topliss-reactive ketones (excluding diaryl/α,β-unsaturated/α-hetero) is 1. The molecule has 0 radical (unpaired) electrons. The average Bonchev–Trinajstić information content (AvgIpc) is 3.62. The van der Waals surface area contributed by atoms with Crippen molar-refractivity contribution in [1.82, 2.24) is 36.2 Å². The van der Waals surface area contributed by atoms with Crippen molar-refractivity contribution >= 4 is 47.8 Å². The van der Waals surface area contributed by atoms with E-state index in [1.165, 1.54) is 6.92 Å². The Kier molecular flexibility index (Phi) is 13.3. The van der Waals surface area contributed by atoms with E-state index in [0.717, 1.165) is 36.3 Å². The van der Waals surface area contributed by atoms with E-state index in [0.29, 0.717) is 12.4 Å². The molecule has 14 nitrogen and oxygen atoms in total. The van der Waals surface area contributed by atoms with Gasteiger partial charge in [-0.15, -0.1) is 17.5 Å². The van der Waals surface area contributed by atoms with Crippen molar-refractivity contribution in [2.75, 3.05) is 18.0 Å². The lowest BCUT2D eigenvalue weighted by Crippen LogP contribution is -2.56. The Labute approximate surface area is 250 Å². The molecule has 1 aliphatic heterocycles. The summed E-state index contributed by atoms with van der Waals surface area (Å²) in [5.41, 5.74) is 0.996. The number of rotatable bonds is 15. The molecule has 230 valence electrons. The summed E-state index contributed by atoms with van der Waals surface area (Å²) in [6.07, 6.45) is 2.06. The number of amides is 3. The molecule has 1 aliphatic rings. The van der Waals surface area contributed by atoms with E-state index in [4.69, 9.17) is 0 Å². The maximum Gasteiger partial charge on any atom is 0.305 e. The minimum Gasteiger partial charge on any atom is -0.481 e. The summed E-state index contributed by atoms with van der Waals surface area (Å²) in [4.78, 5) is 65.6. The van der Waals surface area contributed by atoms with Crippen LogP contribution in [0.3, 0.4) is 0 Å². The summed E-state index contributed by atoms with van der Waals surface area (Å²) in [5.74, 6) is -3.43. The number of carboxylic acid groups (broad SMARTS) is 1. The van der Waals surface area contributed by atoms with Gasteiger partial charge in [-0.2, -0.15) is 4.80 Å². The van der Waals surface area contributed by atoms with Crippen LogP contribution in [0.15, 0.2) is 30.3 Å². The predicted molar refractivity (Wildman–Crippen MR) is 155 cm³/mol. The maximum atomic E-state index is 13.0. The molecule has 1 saturated heterocycles. The summed E-state index contributed by atoms with van der Waals surface area (Å²) in [6, 6.07) is 6.10. The zero-order valence-corrected chi connectivity index (χ0v) is 24.8. The molecule has 2 heterocycles. The van der Waals surface area contributed by atoms with E-state index in [2.05, 4.69) is 31.4 Å². The second-order valence-electron chi connectivity index (χ2n) is 10.4. The third-order valence-corrected chi connectivity index (χ3v) is 6.71. The molecule has 2 aromatic rings. The van der Waals surface area contributed by atoms with Crippen molar-refractivity contribution in [3.05, 3.63) is 35.9 Å². The van der Waals surface area contributed by atoms with Gasteiger partial charge in [0.15, 0.2) is 5.78 Å². The number of hydrogen-bond acceptors (Lipinski definition) is 9. The molecule has 1 fully saturated rings. The molecule has 0 saturated carbocycles. The Hall–Kier alpha value is -4.07. The van der Waals surface area contributed by atoms with E-state index >= 15 is 0 Å². The van der Waals surface area contributed by atoms with Crippen molar-refractivity contribution < 1.29 is 29.1 Å². The van der Waals surface area contributed by atoms with E-state index < -0.39 is 48.1 Å². The Morgan fingerprint density at radius 3 is 2.24 bits per heavy atom. The van der Waals surface area contributed by atoms with Gasteiger partial charge in [-0.25, -0.2) is 0 Å². The first-order chi connectivity index (χ1) is 19.5. The normalized spacial score (nSPS) is 14.8. The summed E-state index contributed by atoms with van der Waals surface area (Å²) in [5, 5.41) is 29.0. The Bertz CT molecular complexity index is 1220. The highest BCUT2D eigenvalue weighted by Gasteiger charge is 2.30. The largest absolute Gasteiger partial charge is 0.481 e. The number of anilines is 1. The molecule has 1 aromatic carbocycles. The highest BCUT2D eigenvalue weighted by molar-refractivity contribution is 5.95. The zero-order chi connectivity index (χ0) is 29.9. The van der Waals surface area contributed by atoms with Crippen LogP contribution < -0.4 is 20.9 Å². The number of hydrogen-bond donors (Lipinski definition) is 4. The highest BCUT2D eigenvalue weighted by Crippen LogP contribution is 2.14. The molecule has 3 amide bonds. The molecule has 4 N–H and O–H groups in total. The fourth-order valence-corrected chi connectivity index (χ4v) is 4.36. The maximum absolute atomic E-state index is 13.0. The van der Waals surface area contributed by atoms with Gasteiger partial charge in [0.2, 0.25) is 17.7 Å². The number of tetrazole rings is 1. The topological polar surface area (TPSA) is 189 Å². The molecular weight excluding hydrogens is 568 g/mol. The van der Waals surface area contributed by atoms with Crippen LogP contribution >= 0.6 is 12.4 Å². The molecular formula is C27H39ClN8O6. The number of carboxylic acids is 1. The molecule has 3 rings (SSSR count). The number of aliphatic carboxylic acids is 1. The van der Waals surface area contributed by atoms with E-state index in [9.17, 15) is 29.1 Å². The first kappa shape index (κ1) is 34.1. The summed E-state index contributed by atoms with van der Waals surface area (Å²) in [7, 11) is 0. The van der Waals surface area contributed by atoms with Crippen LogP contribution in [0.1, 0.15) is 52.0 Å². The lowest BCUT2D eigenvalue weighted by atomic mass is 10.0. The van der Waals surface area contributed by atoms with Crippen molar-refractivity contribution in [3.63, 3.8) is 0 Å². The van der Waals surface area contributed by atoms with Crippen LogP contribution in [0.2, 0.25) is 0 Å². The van der Waals surface area contributed by atoms with Crippen LogP contribution in [0.25, 0.3) is 0 Å². The summed E-state index contributed by atoms with van der Waals surface area (Å²) in [6.45, 7) is 6.13.